The molecule has 0 aromatic heterocycles. The molecule has 2 unspecified atom stereocenters. The summed E-state index contributed by atoms with van der Waals surface area (Å²) in [5.41, 5.74) is 5.93. The van der Waals surface area contributed by atoms with Gasteiger partial charge in [0, 0.05) is 23.8 Å². The van der Waals surface area contributed by atoms with E-state index in [1.165, 1.54) is 31.4 Å². The summed E-state index contributed by atoms with van der Waals surface area (Å²) in [6, 6.07) is 0.0871. The zero-order valence-corrected chi connectivity index (χ0v) is 10.8. The quantitative estimate of drug-likeness (QED) is 0.768. The van der Waals surface area contributed by atoms with Crippen LogP contribution in [0.4, 0.5) is 0 Å². The third kappa shape index (κ3) is 3.39. The Bertz CT molecular complexity index is 260. The number of thioether (sulfide) groups is 1. The van der Waals surface area contributed by atoms with E-state index in [9.17, 15) is 4.79 Å². The highest BCUT2D eigenvalue weighted by Crippen LogP contribution is 2.37. The van der Waals surface area contributed by atoms with E-state index < -0.39 is 0 Å². The SMILES string of the molecule is CC1(CNC(=O)CC(N)C2CC2)CCCS1. The molecule has 2 atom stereocenters. The van der Waals surface area contributed by atoms with Gasteiger partial charge >= 0.3 is 0 Å². The molecule has 92 valence electrons. The number of amides is 1. The number of carbonyl (C=O) groups is 1. The summed E-state index contributed by atoms with van der Waals surface area (Å²) in [6.07, 6.45) is 5.42. The van der Waals surface area contributed by atoms with E-state index in [2.05, 4.69) is 12.2 Å². The lowest BCUT2D eigenvalue weighted by Gasteiger charge is -2.23. The molecular formula is C12H22N2OS. The Hall–Kier alpha value is -0.220. The van der Waals surface area contributed by atoms with E-state index in [1.807, 2.05) is 11.8 Å². The molecule has 0 spiro atoms. The molecule has 2 aliphatic rings. The van der Waals surface area contributed by atoms with Crippen molar-refractivity contribution in [1.82, 2.24) is 5.32 Å². The molecule has 16 heavy (non-hydrogen) atoms. The van der Waals surface area contributed by atoms with Crippen molar-refractivity contribution in [2.24, 2.45) is 11.7 Å². The van der Waals surface area contributed by atoms with Gasteiger partial charge in [0.25, 0.3) is 0 Å². The van der Waals surface area contributed by atoms with Gasteiger partial charge in [0.05, 0.1) is 0 Å². The van der Waals surface area contributed by atoms with Crippen molar-refractivity contribution in [1.29, 1.82) is 0 Å². The zero-order valence-electron chi connectivity index (χ0n) is 10.00. The lowest BCUT2D eigenvalue weighted by Crippen LogP contribution is -2.39. The van der Waals surface area contributed by atoms with Crippen molar-refractivity contribution < 1.29 is 4.79 Å². The number of rotatable bonds is 5. The summed E-state index contributed by atoms with van der Waals surface area (Å²) in [5.74, 6) is 1.98. The zero-order chi connectivity index (χ0) is 11.6. The smallest absolute Gasteiger partial charge is 0.221 e. The highest BCUT2D eigenvalue weighted by Gasteiger charge is 2.32. The Labute approximate surface area is 102 Å². The van der Waals surface area contributed by atoms with Gasteiger partial charge in [-0.05, 0) is 44.3 Å². The molecule has 1 aliphatic heterocycles. The molecule has 1 aliphatic carbocycles. The van der Waals surface area contributed by atoms with E-state index >= 15 is 0 Å². The highest BCUT2D eigenvalue weighted by atomic mass is 32.2. The van der Waals surface area contributed by atoms with Crippen LogP contribution in [0.5, 0.6) is 0 Å². The summed E-state index contributed by atoms with van der Waals surface area (Å²) in [7, 11) is 0. The number of carbonyl (C=O) groups excluding carboxylic acids is 1. The molecule has 4 heteroatoms. The van der Waals surface area contributed by atoms with E-state index in [1.54, 1.807) is 0 Å². The maximum Gasteiger partial charge on any atom is 0.221 e. The molecule has 1 saturated heterocycles. The molecule has 3 N–H and O–H groups in total. The maximum absolute atomic E-state index is 11.7. The molecule has 0 radical (unpaired) electrons. The van der Waals surface area contributed by atoms with Crippen LogP contribution in [0.3, 0.4) is 0 Å². The fraction of sp³-hybridized carbons (Fsp3) is 0.917. The van der Waals surface area contributed by atoms with Crippen molar-refractivity contribution in [3.05, 3.63) is 0 Å². The van der Waals surface area contributed by atoms with Crippen LogP contribution in [0, 0.1) is 5.92 Å². The van der Waals surface area contributed by atoms with Gasteiger partial charge in [0.2, 0.25) is 5.91 Å². The predicted octanol–water partition coefficient (Wildman–Crippen LogP) is 1.52. The minimum Gasteiger partial charge on any atom is -0.355 e. The van der Waals surface area contributed by atoms with Gasteiger partial charge in [-0.3, -0.25) is 4.79 Å². The van der Waals surface area contributed by atoms with Crippen LogP contribution < -0.4 is 11.1 Å². The van der Waals surface area contributed by atoms with Crippen molar-refractivity contribution in [2.75, 3.05) is 12.3 Å². The van der Waals surface area contributed by atoms with Gasteiger partial charge in [-0.1, -0.05) is 0 Å². The van der Waals surface area contributed by atoms with Crippen molar-refractivity contribution in [3.8, 4) is 0 Å². The predicted molar refractivity (Wildman–Crippen MR) is 68.4 cm³/mol. The van der Waals surface area contributed by atoms with E-state index in [0.717, 1.165) is 6.54 Å². The van der Waals surface area contributed by atoms with Gasteiger partial charge in [0.15, 0.2) is 0 Å². The van der Waals surface area contributed by atoms with Crippen LogP contribution in [-0.4, -0.2) is 29.0 Å². The van der Waals surface area contributed by atoms with Crippen LogP contribution in [0.25, 0.3) is 0 Å². The molecule has 1 heterocycles. The molecular weight excluding hydrogens is 220 g/mol. The van der Waals surface area contributed by atoms with Gasteiger partial charge in [-0.2, -0.15) is 11.8 Å². The molecule has 3 nitrogen and oxygen atoms in total. The summed E-state index contributed by atoms with van der Waals surface area (Å²) < 4.78 is 0.263. The van der Waals surface area contributed by atoms with Gasteiger partial charge in [0.1, 0.15) is 0 Å². The first-order valence-corrected chi connectivity index (χ1v) is 7.24. The average molecular weight is 242 g/mol. The first kappa shape index (κ1) is 12.2. The van der Waals surface area contributed by atoms with Crippen LogP contribution >= 0.6 is 11.8 Å². The Morgan fingerprint density at radius 1 is 1.62 bits per heavy atom. The van der Waals surface area contributed by atoms with Crippen molar-refractivity contribution in [3.63, 3.8) is 0 Å². The van der Waals surface area contributed by atoms with Crippen LogP contribution in [0.1, 0.15) is 39.0 Å². The fourth-order valence-electron chi connectivity index (χ4n) is 2.24. The molecule has 1 amide bonds. The highest BCUT2D eigenvalue weighted by molar-refractivity contribution is 8.00. The Morgan fingerprint density at radius 2 is 2.38 bits per heavy atom. The average Bonchev–Trinajstić information content (AvgIpc) is 3.00. The minimum atomic E-state index is 0.0871. The van der Waals surface area contributed by atoms with E-state index in [4.69, 9.17) is 5.73 Å². The summed E-state index contributed by atoms with van der Waals surface area (Å²) in [5, 5.41) is 3.04. The van der Waals surface area contributed by atoms with Gasteiger partial charge in [-0.25, -0.2) is 0 Å². The lowest BCUT2D eigenvalue weighted by atomic mass is 10.1. The molecule has 2 fully saturated rings. The van der Waals surface area contributed by atoms with Gasteiger partial charge in [-0.15, -0.1) is 0 Å². The number of hydrogen-bond acceptors (Lipinski definition) is 3. The standard InChI is InChI=1S/C12H22N2OS/c1-12(5-2-6-16-12)8-14-11(15)7-10(13)9-3-4-9/h9-10H,2-8,13H2,1H3,(H,14,15). The monoisotopic (exact) mass is 242 g/mol. The molecule has 2 rings (SSSR count). The van der Waals surface area contributed by atoms with Crippen LogP contribution in [-0.2, 0) is 4.79 Å². The molecule has 0 aromatic carbocycles. The van der Waals surface area contributed by atoms with Gasteiger partial charge < -0.3 is 11.1 Å². The third-order valence-electron chi connectivity index (χ3n) is 3.61. The number of hydrogen-bond donors (Lipinski definition) is 2. The maximum atomic E-state index is 11.7. The van der Waals surface area contributed by atoms with Crippen molar-refractivity contribution >= 4 is 17.7 Å². The molecule has 1 saturated carbocycles. The van der Waals surface area contributed by atoms with Crippen LogP contribution in [0.2, 0.25) is 0 Å². The first-order valence-electron chi connectivity index (χ1n) is 6.25. The number of nitrogens with two attached hydrogens (primary N) is 1. The topological polar surface area (TPSA) is 55.1 Å². The normalized spacial score (nSPS) is 31.4. The second kappa shape index (κ2) is 4.96. The second-order valence-corrected chi connectivity index (χ2v) is 7.07. The summed E-state index contributed by atoms with van der Waals surface area (Å²) in [4.78, 5) is 11.7. The first-order chi connectivity index (χ1) is 7.59. The summed E-state index contributed by atoms with van der Waals surface area (Å²) in [6.45, 7) is 3.04. The fourth-order valence-corrected chi connectivity index (χ4v) is 3.48. The molecule has 0 bridgehead atoms. The minimum absolute atomic E-state index is 0.0871. The Morgan fingerprint density at radius 3 is 2.94 bits per heavy atom. The largest absolute Gasteiger partial charge is 0.355 e. The van der Waals surface area contributed by atoms with Crippen LogP contribution in [0.15, 0.2) is 0 Å². The molecule has 0 aromatic rings. The lowest BCUT2D eigenvalue weighted by molar-refractivity contribution is -0.121. The summed E-state index contributed by atoms with van der Waals surface area (Å²) >= 11 is 1.98. The van der Waals surface area contributed by atoms with E-state index in [-0.39, 0.29) is 16.7 Å². The van der Waals surface area contributed by atoms with Crippen molar-refractivity contribution in [2.45, 2.75) is 49.8 Å². The number of nitrogens with one attached hydrogen (secondary N) is 1. The second-order valence-electron chi connectivity index (χ2n) is 5.38. The van der Waals surface area contributed by atoms with E-state index in [0.29, 0.717) is 12.3 Å². The third-order valence-corrected chi connectivity index (χ3v) is 5.15. The Kier molecular flexibility index (Phi) is 3.80. The Balaban J connectivity index is 1.66.